The quantitative estimate of drug-likeness (QED) is 0.519. The number of nitrogens with zero attached hydrogens (tertiary/aromatic N) is 3. The van der Waals surface area contributed by atoms with E-state index in [4.69, 9.17) is 16.2 Å². The van der Waals surface area contributed by atoms with E-state index >= 15 is 0 Å². The average Bonchev–Trinajstić information content (AvgIpc) is 2.78. The number of aromatic nitrogens is 2. The number of nitriles is 1. The third kappa shape index (κ3) is 3.91. The van der Waals surface area contributed by atoms with Crippen molar-refractivity contribution in [1.29, 1.82) is 5.26 Å². The van der Waals surface area contributed by atoms with Crippen LogP contribution < -0.4 is 16.2 Å². The zero-order valence-corrected chi connectivity index (χ0v) is 16.1. The second kappa shape index (κ2) is 8.33. The molecule has 0 aliphatic heterocycles. The Morgan fingerprint density at radius 3 is 2.17 bits per heavy atom. The number of anilines is 2. The maximum Gasteiger partial charge on any atom is 0.222 e. The third-order valence-electron chi connectivity index (χ3n) is 4.66. The van der Waals surface area contributed by atoms with Gasteiger partial charge < -0.3 is 16.2 Å². The molecule has 0 radical (unpaired) electrons. The van der Waals surface area contributed by atoms with Crippen molar-refractivity contribution in [3.63, 3.8) is 0 Å². The molecule has 0 spiro atoms. The van der Waals surface area contributed by atoms with Crippen molar-refractivity contribution in [1.82, 2.24) is 9.97 Å². The lowest BCUT2D eigenvalue weighted by Crippen LogP contribution is -2.05. The maximum atomic E-state index is 9.53. The molecule has 30 heavy (non-hydrogen) atoms. The summed E-state index contributed by atoms with van der Waals surface area (Å²) in [6, 6.07) is 27.5. The molecule has 4 N–H and O–H groups in total. The zero-order valence-electron chi connectivity index (χ0n) is 16.1. The summed E-state index contributed by atoms with van der Waals surface area (Å²) < 4.78 is 5.87. The Labute approximate surface area is 174 Å². The van der Waals surface area contributed by atoms with Crippen molar-refractivity contribution in [2.24, 2.45) is 0 Å². The molecule has 4 aromatic rings. The second-order valence-electron chi connectivity index (χ2n) is 6.65. The first kappa shape index (κ1) is 19.0. The smallest absolute Gasteiger partial charge is 0.222 e. The van der Waals surface area contributed by atoms with Crippen LogP contribution in [0.15, 0.2) is 78.9 Å². The summed E-state index contributed by atoms with van der Waals surface area (Å²) >= 11 is 0. The van der Waals surface area contributed by atoms with Gasteiger partial charge in [0.2, 0.25) is 5.95 Å². The highest BCUT2D eigenvalue weighted by Crippen LogP contribution is 2.35. The molecular weight excluding hydrogens is 374 g/mol. The molecule has 146 valence electrons. The fourth-order valence-electron chi connectivity index (χ4n) is 3.21. The van der Waals surface area contributed by atoms with E-state index in [1.54, 1.807) is 0 Å². The van der Waals surface area contributed by atoms with Gasteiger partial charge >= 0.3 is 0 Å². The topological polar surface area (TPSA) is 111 Å². The number of nitrogen functional groups attached to an aromatic ring is 2. The van der Waals surface area contributed by atoms with Crippen LogP contribution in [0.25, 0.3) is 22.4 Å². The molecule has 1 aromatic heterocycles. The molecule has 0 fully saturated rings. The van der Waals surface area contributed by atoms with Crippen molar-refractivity contribution in [2.45, 2.75) is 6.61 Å². The van der Waals surface area contributed by atoms with Crippen LogP contribution in [0.5, 0.6) is 5.75 Å². The first-order chi connectivity index (χ1) is 14.7. The molecule has 0 aliphatic rings. The summed E-state index contributed by atoms with van der Waals surface area (Å²) in [5, 5.41) is 9.53. The average molecular weight is 393 g/mol. The Balaban J connectivity index is 1.66. The van der Waals surface area contributed by atoms with E-state index in [9.17, 15) is 5.26 Å². The van der Waals surface area contributed by atoms with Gasteiger partial charge in [0.05, 0.1) is 5.69 Å². The summed E-state index contributed by atoms with van der Waals surface area (Å²) in [5.74, 6) is 0.869. The van der Waals surface area contributed by atoms with Gasteiger partial charge in [-0.05, 0) is 28.8 Å². The molecule has 6 nitrogen and oxygen atoms in total. The van der Waals surface area contributed by atoms with Gasteiger partial charge in [-0.3, -0.25) is 0 Å². The normalized spacial score (nSPS) is 10.4. The molecule has 0 saturated carbocycles. The molecule has 3 aromatic carbocycles. The van der Waals surface area contributed by atoms with Crippen LogP contribution in [0.3, 0.4) is 0 Å². The number of ether oxygens (including phenoxy) is 1. The Morgan fingerprint density at radius 1 is 0.800 bits per heavy atom. The van der Waals surface area contributed by atoms with Gasteiger partial charge in [-0.2, -0.15) is 10.2 Å². The molecule has 1 heterocycles. The van der Waals surface area contributed by atoms with Crippen LogP contribution >= 0.6 is 0 Å². The molecular formula is C24H19N5O. The lowest BCUT2D eigenvalue weighted by Gasteiger charge is -2.13. The van der Waals surface area contributed by atoms with E-state index in [0.29, 0.717) is 12.3 Å². The Bertz CT molecular complexity index is 1210. The summed E-state index contributed by atoms with van der Waals surface area (Å²) in [4.78, 5) is 8.18. The van der Waals surface area contributed by atoms with Gasteiger partial charge in [0, 0.05) is 5.56 Å². The van der Waals surface area contributed by atoms with E-state index in [0.717, 1.165) is 28.0 Å². The number of benzene rings is 3. The van der Waals surface area contributed by atoms with E-state index < -0.39 is 0 Å². The SMILES string of the molecule is N#Cc1c(N)nc(N)nc1-c1ccccc1-c1ccc(OCc2ccccc2)cc1. The van der Waals surface area contributed by atoms with E-state index in [2.05, 4.69) is 16.0 Å². The van der Waals surface area contributed by atoms with Crippen LogP contribution in [0.4, 0.5) is 11.8 Å². The first-order valence-electron chi connectivity index (χ1n) is 9.35. The van der Waals surface area contributed by atoms with Gasteiger partial charge in [0.1, 0.15) is 29.8 Å². The molecule has 4 rings (SSSR count). The predicted molar refractivity (Wildman–Crippen MR) is 117 cm³/mol. The molecule has 0 aliphatic carbocycles. The minimum absolute atomic E-state index is 0.0287. The van der Waals surface area contributed by atoms with Gasteiger partial charge in [-0.25, -0.2) is 4.98 Å². The molecule has 0 amide bonds. The van der Waals surface area contributed by atoms with Crippen LogP contribution in [0.1, 0.15) is 11.1 Å². The van der Waals surface area contributed by atoms with Crippen LogP contribution in [0.2, 0.25) is 0 Å². The molecule has 6 heteroatoms. The van der Waals surface area contributed by atoms with E-state index in [1.807, 2.05) is 78.9 Å². The van der Waals surface area contributed by atoms with E-state index in [-0.39, 0.29) is 17.3 Å². The summed E-state index contributed by atoms with van der Waals surface area (Å²) in [5.41, 5.74) is 16.0. The number of nitrogens with two attached hydrogens (primary N) is 2. The standard InChI is InChI=1S/C24H19N5O/c25-14-21-22(28-24(27)29-23(21)26)20-9-5-4-8-19(20)17-10-12-18(13-11-17)30-15-16-6-2-1-3-7-16/h1-13H,15H2,(H4,26,27,28,29). The molecule has 0 unspecified atom stereocenters. The molecule has 0 atom stereocenters. The molecule has 0 saturated heterocycles. The Kier molecular flexibility index (Phi) is 5.27. The Morgan fingerprint density at radius 2 is 1.47 bits per heavy atom. The van der Waals surface area contributed by atoms with Crippen molar-refractivity contribution < 1.29 is 4.74 Å². The number of hydrogen-bond donors (Lipinski definition) is 2. The van der Waals surface area contributed by atoms with E-state index in [1.165, 1.54) is 0 Å². The van der Waals surface area contributed by atoms with Gasteiger partial charge in [-0.1, -0.05) is 66.7 Å². The van der Waals surface area contributed by atoms with Crippen LogP contribution in [-0.4, -0.2) is 9.97 Å². The van der Waals surface area contributed by atoms with Crippen LogP contribution in [0, 0.1) is 11.3 Å². The fraction of sp³-hybridized carbons (Fsp3) is 0.0417. The predicted octanol–water partition coefficient (Wildman–Crippen LogP) is 4.43. The van der Waals surface area contributed by atoms with Crippen molar-refractivity contribution in [3.05, 3.63) is 90.0 Å². The monoisotopic (exact) mass is 393 g/mol. The van der Waals surface area contributed by atoms with Crippen molar-refractivity contribution in [3.8, 4) is 34.2 Å². The highest BCUT2D eigenvalue weighted by Gasteiger charge is 2.16. The summed E-state index contributed by atoms with van der Waals surface area (Å²) in [6.07, 6.45) is 0. The summed E-state index contributed by atoms with van der Waals surface area (Å²) in [7, 11) is 0. The zero-order chi connectivity index (χ0) is 20.9. The van der Waals surface area contributed by atoms with Gasteiger partial charge in [-0.15, -0.1) is 0 Å². The number of rotatable bonds is 5. The minimum atomic E-state index is 0.0287. The third-order valence-corrected chi connectivity index (χ3v) is 4.66. The van der Waals surface area contributed by atoms with Crippen molar-refractivity contribution in [2.75, 3.05) is 11.5 Å². The lowest BCUT2D eigenvalue weighted by molar-refractivity contribution is 0.306. The first-order valence-corrected chi connectivity index (χ1v) is 9.35. The Hall–Kier alpha value is -4.37. The van der Waals surface area contributed by atoms with Gasteiger partial charge in [0.15, 0.2) is 0 Å². The van der Waals surface area contributed by atoms with Crippen LogP contribution in [-0.2, 0) is 6.61 Å². The fourth-order valence-corrected chi connectivity index (χ4v) is 3.21. The largest absolute Gasteiger partial charge is 0.489 e. The lowest BCUT2D eigenvalue weighted by atomic mass is 9.95. The minimum Gasteiger partial charge on any atom is -0.489 e. The molecule has 0 bridgehead atoms. The highest BCUT2D eigenvalue weighted by atomic mass is 16.5. The summed E-state index contributed by atoms with van der Waals surface area (Å²) in [6.45, 7) is 0.502. The number of hydrogen-bond acceptors (Lipinski definition) is 6. The maximum absolute atomic E-state index is 9.53. The van der Waals surface area contributed by atoms with Crippen molar-refractivity contribution >= 4 is 11.8 Å². The van der Waals surface area contributed by atoms with Gasteiger partial charge in [0.25, 0.3) is 0 Å². The highest BCUT2D eigenvalue weighted by molar-refractivity contribution is 5.86. The second-order valence-corrected chi connectivity index (χ2v) is 6.65.